The lowest BCUT2D eigenvalue weighted by atomic mass is 9.73. The zero-order valence-corrected chi connectivity index (χ0v) is 16.0. The Labute approximate surface area is 165 Å². The maximum Gasteiger partial charge on any atom is 0.312 e. The van der Waals surface area contributed by atoms with E-state index in [0.717, 1.165) is 5.56 Å². The Morgan fingerprint density at radius 3 is 2.50 bits per heavy atom. The summed E-state index contributed by atoms with van der Waals surface area (Å²) in [6.07, 6.45) is -0.626. The van der Waals surface area contributed by atoms with Gasteiger partial charge >= 0.3 is 5.97 Å². The third-order valence-electron chi connectivity index (χ3n) is 5.35. The van der Waals surface area contributed by atoms with Crippen LogP contribution in [0.3, 0.4) is 0 Å². The Balaban J connectivity index is 1.57. The Morgan fingerprint density at radius 2 is 1.82 bits per heavy atom. The summed E-state index contributed by atoms with van der Waals surface area (Å²) in [5, 5.41) is 10.7. The molecule has 2 aromatic carbocycles. The molecule has 1 heterocycles. The second-order valence-electron chi connectivity index (χ2n) is 7.59. The van der Waals surface area contributed by atoms with Crippen LogP contribution < -0.4 is 0 Å². The maximum absolute atomic E-state index is 12.4. The highest BCUT2D eigenvalue weighted by molar-refractivity contribution is 5.96. The molecule has 2 unspecified atom stereocenters. The third kappa shape index (κ3) is 4.86. The zero-order chi connectivity index (χ0) is 20.0. The smallest absolute Gasteiger partial charge is 0.312 e. The van der Waals surface area contributed by atoms with Gasteiger partial charge in [-0.2, -0.15) is 0 Å². The monoisotopic (exact) mass is 382 g/mol. The standard InChI is InChI=1S/C23H26O5/c1-23(12-13-27-15-17-8-4-2-5-9-17)16-28-22(26)21(23)20(25)14-19(24)18-10-6-3-7-11-18/h2-11,20-21,25H,12-16H2,1H3/t20?,21?,23-/m0/s1. The summed E-state index contributed by atoms with van der Waals surface area (Å²) < 4.78 is 11.0. The number of cyclic esters (lactones) is 1. The van der Waals surface area contributed by atoms with E-state index < -0.39 is 23.4 Å². The van der Waals surface area contributed by atoms with Crippen molar-refractivity contribution >= 4 is 11.8 Å². The summed E-state index contributed by atoms with van der Waals surface area (Å²) in [5.74, 6) is -1.37. The lowest BCUT2D eigenvalue weighted by Gasteiger charge is -2.30. The van der Waals surface area contributed by atoms with Gasteiger partial charge in [0.1, 0.15) is 0 Å². The molecule has 1 saturated heterocycles. The maximum atomic E-state index is 12.4. The molecule has 1 aliphatic rings. The summed E-state index contributed by atoms with van der Waals surface area (Å²) in [7, 11) is 0. The molecular formula is C23H26O5. The Hall–Kier alpha value is -2.50. The van der Waals surface area contributed by atoms with Crippen molar-refractivity contribution in [2.75, 3.05) is 13.2 Å². The van der Waals surface area contributed by atoms with Crippen molar-refractivity contribution in [1.29, 1.82) is 0 Å². The van der Waals surface area contributed by atoms with E-state index in [0.29, 0.717) is 25.2 Å². The number of ketones is 1. The van der Waals surface area contributed by atoms with Crippen LogP contribution in [0.2, 0.25) is 0 Å². The van der Waals surface area contributed by atoms with E-state index >= 15 is 0 Å². The van der Waals surface area contributed by atoms with Gasteiger partial charge in [-0.05, 0) is 12.0 Å². The number of benzene rings is 2. The van der Waals surface area contributed by atoms with E-state index in [1.54, 1.807) is 24.3 Å². The zero-order valence-electron chi connectivity index (χ0n) is 16.0. The van der Waals surface area contributed by atoms with E-state index in [2.05, 4.69) is 0 Å². The van der Waals surface area contributed by atoms with Gasteiger partial charge in [0.25, 0.3) is 0 Å². The van der Waals surface area contributed by atoms with Gasteiger partial charge in [-0.3, -0.25) is 9.59 Å². The average molecular weight is 382 g/mol. The van der Waals surface area contributed by atoms with Crippen molar-refractivity contribution < 1.29 is 24.2 Å². The quantitative estimate of drug-likeness (QED) is 0.409. The SMILES string of the molecule is C[C@]1(CCOCc2ccccc2)COC(=O)C1C(O)CC(=O)c1ccccc1. The van der Waals surface area contributed by atoms with Gasteiger partial charge in [0.15, 0.2) is 5.78 Å². The number of aliphatic hydroxyl groups excluding tert-OH is 1. The summed E-state index contributed by atoms with van der Waals surface area (Å²) >= 11 is 0. The number of hydrogen-bond donors (Lipinski definition) is 1. The lowest BCUT2D eigenvalue weighted by Crippen LogP contribution is -2.39. The number of rotatable bonds is 9. The fraction of sp³-hybridized carbons (Fsp3) is 0.391. The molecule has 148 valence electrons. The first kappa shape index (κ1) is 20.2. The number of carbonyl (C=O) groups is 2. The highest BCUT2D eigenvalue weighted by Crippen LogP contribution is 2.41. The van der Waals surface area contributed by atoms with E-state index in [-0.39, 0.29) is 18.8 Å². The Kier molecular flexibility index (Phi) is 6.60. The van der Waals surface area contributed by atoms with Gasteiger partial charge < -0.3 is 14.6 Å². The molecule has 0 amide bonds. The van der Waals surface area contributed by atoms with Gasteiger partial charge in [0.2, 0.25) is 0 Å². The first-order valence-electron chi connectivity index (χ1n) is 9.54. The van der Waals surface area contributed by atoms with Crippen molar-refractivity contribution in [2.45, 2.75) is 32.5 Å². The lowest BCUT2D eigenvalue weighted by molar-refractivity contribution is -0.144. The van der Waals surface area contributed by atoms with Crippen LogP contribution in [0.5, 0.6) is 0 Å². The van der Waals surface area contributed by atoms with Crippen molar-refractivity contribution in [3.63, 3.8) is 0 Å². The highest BCUT2D eigenvalue weighted by Gasteiger charge is 2.50. The second kappa shape index (κ2) is 9.13. The number of carbonyl (C=O) groups excluding carboxylic acids is 2. The minimum absolute atomic E-state index is 0.107. The number of esters is 1. The van der Waals surface area contributed by atoms with Crippen molar-refractivity contribution in [3.8, 4) is 0 Å². The molecule has 0 bridgehead atoms. The molecular weight excluding hydrogens is 356 g/mol. The molecule has 28 heavy (non-hydrogen) atoms. The highest BCUT2D eigenvalue weighted by atomic mass is 16.5. The van der Waals surface area contributed by atoms with E-state index in [1.807, 2.05) is 43.3 Å². The van der Waals surface area contributed by atoms with E-state index in [1.165, 1.54) is 0 Å². The molecule has 0 radical (unpaired) electrons. The number of ether oxygens (including phenoxy) is 2. The van der Waals surface area contributed by atoms with Crippen LogP contribution in [0, 0.1) is 11.3 Å². The molecule has 3 atom stereocenters. The van der Waals surface area contributed by atoms with Gasteiger partial charge in [0.05, 0.1) is 25.2 Å². The van der Waals surface area contributed by atoms with Crippen LogP contribution in [-0.2, 0) is 20.9 Å². The van der Waals surface area contributed by atoms with Gasteiger partial charge in [-0.15, -0.1) is 0 Å². The molecule has 1 aliphatic heterocycles. The molecule has 0 aromatic heterocycles. The topological polar surface area (TPSA) is 72.8 Å². The third-order valence-corrected chi connectivity index (χ3v) is 5.35. The van der Waals surface area contributed by atoms with Crippen LogP contribution in [0.25, 0.3) is 0 Å². The largest absolute Gasteiger partial charge is 0.465 e. The molecule has 0 saturated carbocycles. The van der Waals surface area contributed by atoms with Gasteiger partial charge in [-0.25, -0.2) is 0 Å². The molecule has 5 heteroatoms. The molecule has 5 nitrogen and oxygen atoms in total. The Bertz CT molecular complexity index is 789. The molecule has 0 spiro atoms. The Morgan fingerprint density at radius 1 is 1.18 bits per heavy atom. The van der Waals surface area contributed by atoms with Gasteiger partial charge in [-0.1, -0.05) is 67.6 Å². The first-order chi connectivity index (χ1) is 13.5. The fourth-order valence-electron chi connectivity index (χ4n) is 3.67. The minimum atomic E-state index is -1.08. The predicted octanol–water partition coefficient (Wildman–Crippen LogP) is 3.41. The molecule has 0 aliphatic carbocycles. The summed E-state index contributed by atoms with van der Waals surface area (Å²) in [5.41, 5.74) is 1.04. The van der Waals surface area contributed by atoms with Crippen molar-refractivity contribution in [3.05, 3.63) is 71.8 Å². The summed E-state index contributed by atoms with van der Waals surface area (Å²) in [4.78, 5) is 24.7. The number of Topliss-reactive ketones (excluding diaryl/α,β-unsaturated/α-hetero) is 1. The normalized spacial score (nSPS) is 22.6. The molecule has 3 rings (SSSR count). The molecule has 2 aromatic rings. The van der Waals surface area contributed by atoms with Crippen LogP contribution in [0.15, 0.2) is 60.7 Å². The average Bonchev–Trinajstić information content (AvgIpc) is 3.01. The number of aliphatic hydroxyl groups is 1. The second-order valence-corrected chi connectivity index (χ2v) is 7.59. The summed E-state index contributed by atoms with van der Waals surface area (Å²) in [6, 6.07) is 18.6. The summed E-state index contributed by atoms with van der Waals surface area (Å²) in [6.45, 7) is 3.07. The van der Waals surface area contributed by atoms with Crippen LogP contribution in [0.1, 0.15) is 35.7 Å². The van der Waals surface area contributed by atoms with Crippen molar-refractivity contribution in [2.24, 2.45) is 11.3 Å². The molecule has 1 fully saturated rings. The predicted molar refractivity (Wildman–Crippen MR) is 105 cm³/mol. The number of hydrogen-bond acceptors (Lipinski definition) is 5. The van der Waals surface area contributed by atoms with Crippen LogP contribution >= 0.6 is 0 Å². The van der Waals surface area contributed by atoms with Crippen molar-refractivity contribution in [1.82, 2.24) is 0 Å². The van der Waals surface area contributed by atoms with Crippen LogP contribution in [-0.4, -0.2) is 36.2 Å². The fourth-order valence-corrected chi connectivity index (χ4v) is 3.67. The van der Waals surface area contributed by atoms with Crippen LogP contribution in [0.4, 0.5) is 0 Å². The minimum Gasteiger partial charge on any atom is -0.465 e. The van der Waals surface area contributed by atoms with E-state index in [9.17, 15) is 14.7 Å². The first-order valence-corrected chi connectivity index (χ1v) is 9.54. The van der Waals surface area contributed by atoms with Gasteiger partial charge in [0, 0.05) is 24.0 Å². The molecule has 1 N–H and O–H groups in total. The van der Waals surface area contributed by atoms with E-state index in [4.69, 9.17) is 9.47 Å².